The number of sulfonamides is 1. The van der Waals surface area contributed by atoms with Crippen LogP contribution in [-0.4, -0.2) is 41.1 Å². The summed E-state index contributed by atoms with van der Waals surface area (Å²) in [6.45, 7) is 3.75. The number of nitrogens with one attached hydrogen (secondary N) is 3. The molecule has 0 bridgehead atoms. The topological polar surface area (TPSA) is 91.8 Å². The number of benzene rings is 2. The molecule has 0 saturated heterocycles. The highest BCUT2D eigenvalue weighted by atomic mass is 35.5. The Hall–Kier alpha value is -2.29. The van der Waals surface area contributed by atoms with Crippen molar-refractivity contribution in [2.45, 2.75) is 18.4 Å². The maximum atomic E-state index is 12.3. The third kappa shape index (κ3) is 7.03. The van der Waals surface area contributed by atoms with Crippen LogP contribution in [0, 0.1) is 0 Å². The van der Waals surface area contributed by atoms with Crippen molar-refractivity contribution in [3.05, 3.63) is 59.1 Å². The molecule has 0 saturated carbocycles. The minimum atomic E-state index is -3.60. The number of rotatable bonds is 9. The molecule has 3 N–H and O–H groups in total. The molecule has 0 fully saturated rings. The molecule has 0 aliphatic rings. The Labute approximate surface area is 171 Å². The molecule has 28 heavy (non-hydrogen) atoms. The van der Waals surface area contributed by atoms with Gasteiger partial charge in [0.25, 0.3) is 0 Å². The van der Waals surface area contributed by atoms with E-state index >= 15 is 0 Å². The summed E-state index contributed by atoms with van der Waals surface area (Å²) in [5.41, 5.74) is 1.04. The van der Waals surface area contributed by atoms with Crippen molar-refractivity contribution in [2.75, 3.05) is 26.7 Å². The average molecular weight is 425 g/mol. The summed E-state index contributed by atoms with van der Waals surface area (Å²) in [7, 11) is -1.98. The molecule has 0 amide bonds. The summed E-state index contributed by atoms with van der Waals surface area (Å²) in [5, 5.41) is 6.62. The maximum Gasteiger partial charge on any atom is 0.240 e. The molecule has 0 unspecified atom stereocenters. The van der Waals surface area contributed by atoms with Crippen LogP contribution in [0.1, 0.15) is 12.5 Å². The van der Waals surface area contributed by atoms with Crippen molar-refractivity contribution in [3.63, 3.8) is 0 Å². The molecule has 0 spiro atoms. The highest BCUT2D eigenvalue weighted by Gasteiger charge is 2.13. The summed E-state index contributed by atoms with van der Waals surface area (Å²) in [5.74, 6) is 1.41. The van der Waals surface area contributed by atoms with Gasteiger partial charge < -0.3 is 15.4 Å². The van der Waals surface area contributed by atoms with Crippen molar-refractivity contribution in [1.82, 2.24) is 15.4 Å². The second-order valence-corrected chi connectivity index (χ2v) is 8.03. The van der Waals surface area contributed by atoms with Crippen molar-refractivity contribution < 1.29 is 13.2 Å². The van der Waals surface area contributed by atoms with E-state index in [-0.39, 0.29) is 11.4 Å². The second kappa shape index (κ2) is 10.9. The standard InChI is InChI=1S/C19H25ClN4O3S/c1-3-21-19(23-14-15-7-9-17(27-2)10-8-15)22-11-12-24-28(25,26)18-6-4-5-16(20)13-18/h4-10,13,24H,3,11-12,14H2,1-2H3,(H2,21,22,23). The highest BCUT2D eigenvalue weighted by molar-refractivity contribution is 7.89. The quantitative estimate of drug-likeness (QED) is 0.326. The molecule has 0 aliphatic carbocycles. The first-order valence-corrected chi connectivity index (χ1v) is 10.7. The smallest absolute Gasteiger partial charge is 0.240 e. The molecule has 7 nitrogen and oxygen atoms in total. The molecule has 2 aromatic rings. The number of aliphatic imine (C=N–C) groups is 1. The van der Waals surface area contributed by atoms with E-state index in [1.807, 2.05) is 31.2 Å². The summed E-state index contributed by atoms with van der Waals surface area (Å²) in [4.78, 5) is 4.64. The predicted molar refractivity (Wildman–Crippen MR) is 112 cm³/mol. The van der Waals surface area contributed by atoms with Crippen LogP contribution in [0.5, 0.6) is 5.75 Å². The molecular formula is C19H25ClN4O3S. The Balaban J connectivity index is 1.86. The van der Waals surface area contributed by atoms with Gasteiger partial charge >= 0.3 is 0 Å². The summed E-state index contributed by atoms with van der Waals surface area (Å²) >= 11 is 5.86. The van der Waals surface area contributed by atoms with Crippen LogP contribution < -0.4 is 20.1 Å². The maximum absolute atomic E-state index is 12.3. The van der Waals surface area contributed by atoms with E-state index in [0.717, 1.165) is 11.3 Å². The zero-order valence-electron chi connectivity index (χ0n) is 15.9. The van der Waals surface area contributed by atoms with Gasteiger partial charge in [-0.25, -0.2) is 18.1 Å². The van der Waals surface area contributed by atoms with Gasteiger partial charge in [0, 0.05) is 24.7 Å². The third-order valence-corrected chi connectivity index (χ3v) is 5.43. The molecule has 0 heterocycles. The first-order valence-electron chi connectivity index (χ1n) is 8.85. The molecule has 2 rings (SSSR count). The van der Waals surface area contributed by atoms with Crippen LogP contribution in [0.15, 0.2) is 58.4 Å². The van der Waals surface area contributed by atoms with E-state index in [9.17, 15) is 8.42 Å². The zero-order valence-corrected chi connectivity index (χ0v) is 17.5. The number of ether oxygens (including phenoxy) is 1. The van der Waals surface area contributed by atoms with Crippen molar-refractivity contribution >= 4 is 27.6 Å². The Morgan fingerprint density at radius 2 is 1.86 bits per heavy atom. The molecule has 0 radical (unpaired) electrons. The molecular weight excluding hydrogens is 400 g/mol. The number of guanidine groups is 1. The third-order valence-electron chi connectivity index (χ3n) is 3.74. The van der Waals surface area contributed by atoms with Gasteiger partial charge in [0.2, 0.25) is 10.0 Å². The minimum absolute atomic E-state index is 0.139. The SMILES string of the molecule is CCNC(=NCc1ccc(OC)cc1)NCCNS(=O)(=O)c1cccc(Cl)c1. The van der Waals surface area contributed by atoms with E-state index < -0.39 is 10.0 Å². The molecule has 2 aromatic carbocycles. The van der Waals surface area contributed by atoms with E-state index in [4.69, 9.17) is 16.3 Å². The highest BCUT2D eigenvalue weighted by Crippen LogP contribution is 2.15. The van der Waals surface area contributed by atoms with Crippen LogP contribution >= 0.6 is 11.6 Å². The number of hydrogen-bond donors (Lipinski definition) is 3. The van der Waals surface area contributed by atoms with Gasteiger partial charge in [-0.05, 0) is 42.8 Å². The van der Waals surface area contributed by atoms with Crippen LogP contribution in [-0.2, 0) is 16.6 Å². The lowest BCUT2D eigenvalue weighted by Gasteiger charge is -2.12. The van der Waals surface area contributed by atoms with Gasteiger partial charge in [0.1, 0.15) is 5.75 Å². The summed E-state index contributed by atoms with van der Waals surface area (Å²) in [6, 6.07) is 13.8. The Morgan fingerprint density at radius 1 is 1.11 bits per heavy atom. The van der Waals surface area contributed by atoms with Crippen LogP contribution in [0.25, 0.3) is 0 Å². The molecule has 0 aromatic heterocycles. The fourth-order valence-electron chi connectivity index (χ4n) is 2.33. The fraction of sp³-hybridized carbons (Fsp3) is 0.316. The zero-order chi connectivity index (χ0) is 20.4. The van der Waals surface area contributed by atoms with Gasteiger partial charge in [-0.1, -0.05) is 29.8 Å². The molecule has 9 heteroatoms. The second-order valence-electron chi connectivity index (χ2n) is 5.83. The van der Waals surface area contributed by atoms with Crippen molar-refractivity contribution in [1.29, 1.82) is 0 Å². The number of nitrogens with zero attached hydrogens (tertiary/aromatic N) is 1. The van der Waals surface area contributed by atoms with Crippen LogP contribution in [0.2, 0.25) is 5.02 Å². The van der Waals surface area contributed by atoms with Crippen molar-refractivity contribution in [3.8, 4) is 5.75 Å². The molecule has 152 valence electrons. The van der Waals surface area contributed by atoms with Gasteiger partial charge in [-0.2, -0.15) is 0 Å². The summed E-state index contributed by atoms with van der Waals surface area (Å²) in [6.07, 6.45) is 0. The van der Waals surface area contributed by atoms with Crippen LogP contribution in [0.3, 0.4) is 0 Å². The largest absolute Gasteiger partial charge is 0.497 e. The Kier molecular flexibility index (Phi) is 8.56. The normalized spacial score (nSPS) is 11.9. The first kappa shape index (κ1) is 22.0. The van der Waals surface area contributed by atoms with Crippen molar-refractivity contribution in [2.24, 2.45) is 4.99 Å². The van der Waals surface area contributed by atoms with Crippen LogP contribution in [0.4, 0.5) is 0 Å². The number of hydrogen-bond acceptors (Lipinski definition) is 4. The lowest BCUT2D eigenvalue weighted by Crippen LogP contribution is -2.41. The lowest BCUT2D eigenvalue weighted by atomic mass is 10.2. The number of halogens is 1. The predicted octanol–water partition coefficient (Wildman–Crippen LogP) is 2.38. The summed E-state index contributed by atoms with van der Waals surface area (Å²) < 4.78 is 32.2. The lowest BCUT2D eigenvalue weighted by molar-refractivity contribution is 0.414. The monoisotopic (exact) mass is 424 g/mol. The van der Waals surface area contributed by atoms with Gasteiger partial charge in [-0.15, -0.1) is 0 Å². The van der Waals surface area contributed by atoms with Gasteiger partial charge in [0.15, 0.2) is 5.96 Å². The fourth-order valence-corrected chi connectivity index (χ4v) is 3.66. The van der Waals surface area contributed by atoms with E-state index in [1.54, 1.807) is 19.2 Å². The Bertz CT molecular complexity index is 886. The Morgan fingerprint density at radius 3 is 2.50 bits per heavy atom. The van der Waals surface area contributed by atoms with Gasteiger partial charge in [-0.3, -0.25) is 0 Å². The van der Waals surface area contributed by atoms with E-state index in [2.05, 4.69) is 20.3 Å². The minimum Gasteiger partial charge on any atom is -0.497 e. The van der Waals surface area contributed by atoms with E-state index in [0.29, 0.717) is 30.6 Å². The first-order chi connectivity index (χ1) is 13.4. The van der Waals surface area contributed by atoms with E-state index in [1.165, 1.54) is 12.1 Å². The number of methoxy groups -OCH3 is 1. The molecule has 0 aliphatic heterocycles. The average Bonchev–Trinajstić information content (AvgIpc) is 2.69. The van der Waals surface area contributed by atoms with Gasteiger partial charge in [0.05, 0.1) is 18.6 Å². The molecule has 0 atom stereocenters.